The standard InChI is InChI=1S/C27H31NO4S2/c1-16-11-21-22(27(4,5)10-9-26(21,2)3)14-19(16)20-13-17(7-8-23(20)32-6)12-18(15-29)34-25(33)28-24(30)31/h7-8,11-15H,9-10H2,1-6H3,(H,28,33)(H,30,31)/b18-12-. The molecule has 1 aliphatic carbocycles. The number of benzene rings is 2. The van der Waals surface area contributed by atoms with Crippen LogP contribution in [-0.4, -0.2) is 28.9 Å². The molecule has 2 aromatic carbocycles. The van der Waals surface area contributed by atoms with E-state index in [2.05, 4.69) is 52.1 Å². The quantitative estimate of drug-likeness (QED) is 0.267. The van der Waals surface area contributed by atoms with E-state index in [1.165, 1.54) is 16.7 Å². The molecule has 5 nitrogen and oxygen atoms in total. The van der Waals surface area contributed by atoms with E-state index >= 15 is 0 Å². The fraction of sp³-hybridized carbons (Fsp3) is 0.370. The lowest BCUT2D eigenvalue weighted by atomic mass is 9.62. The monoisotopic (exact) mass is 497 g/mol. The third kappa shape index (κ3) is 5.53. The van der Waals surface area contributed by atoms with Gasteiger partial charge < -0.3 is 9.84 Å². The van der Waals surface area contributed by atoms with E-state index in [0.717, 1.165) is 47.0 Å². The summed E-state index contributed by atoms with van der Waals surface area (Å²) < 4.78 is 5.69. The number of nitrogens with one attached hydrogen (secondary N) is 1. The number of carbonyl (C=O) groups excluding carboxylic acids is 1. The van der Waals surface area contributed by atoms with E-state index < -0.39 is 6.09 Å². The molecule has 7 heteroatoms. The maximum Gasteiger partial charge on any atom is 0.410 e. The van der Waals surface area contributed by atoms with Gasteiger partial charge in [0, 0.05) is 5.56 Å². The molecule has 0 saturated heterocycles. The van der Waals surface area contributed by atoms with Crippen LogP contribution in [0.3, 0.4) is 0 Å². The van der Waals surface area contributed by atoms with Gasteiger partial charge >= 0.3 is 6.09 Å². The number of ether oxygens (including phenoxy) is 1. The Morgan fingerprint density at radius 3 is 2.26 bits per heavy atom. The van der Waals surface area contributed by atoms with Gasteiger partial charge in [-0.3, -0.25) is 10.1 Å². The second-order valence-electron chi connectivity index (χ2n) is 9.92. The van der Waals surface area contributed by atoms with Crippen molar-refractivity contribution in [2.45, 2.75) is 58.3 Å². The van der Waals surface area contributed by atoms with Crippen LogP contribution in [0.4, 0.5) is 4.79 Å². The number of carboxylic acid groups (broad SMARTS) is 1. The minimum atomic E-state index is -1.26. The van der Waals surface area contributed by atoms with Gasteiger partial charge in [-0.2, -0.15) is 0 Å². The van der Waals surface area contributed by atoms with Crippen molar-refractivity contribution in [1.82, 2.24) is 5.32 Å². The molecule has 1 aliphatic rings. The largest absolute Gasteiger partial charge is 0.496 e. The molecule has 0 aliphatic heterocycles. The van der Waals surface area contributed by atoms with Crippen molar-refractivity contribution < 1.29 is 19.4 Å². The molecule has 2 aromatic rings. The summed E-state index contributed by atoms with van der Waals surface area (Å²) in [6.07, 6.45) is 3.37. The number of thioether (sulfide) groups is 1. The number of allylic oxidation sites excluding steroid dienone is 1. The van der Waals surface area contributed by atoms with Crippen molar-refractivity contribution in [2.24, 2.45) is 0 Å². The van der Waals surface area contributed by atoms with Crippen molar-refractivity contribution in [1.29, 1.82) is 0 Å². The molecule has 0 fully saturated rings. The van der Waals surface area contributed by atoms with Gasteiger partial charge in [-0.1, -0.05) is 63.8 Å². The minimum Gasteiger partial charge on any atom is -0.496 e. The molecule has 180 valence electrons. The Morgan fingerprint density at radius 1 is 1.09 bits per heavy atom. The molecule has 0 bridgehead atoms. The Hall–Kier alpha value is -2.64. The second kappa shape index (κ2) is 9.92. The fourth-order valence-electron chi connectivity index (χ4n) is 4.51. The van der Waals surface area contributed by atoms with Gasteiger partial charge in [0.2, 0.25) is 0 Å². The number of rotatable bonds is 5. The average molecular weight is 498 g/mol. The maximum absolute atomic E-state index is 11.6. The van der Waals surface area contributed by atoms with Crippen LogP contribution in [0.1, 0.15) is 62.8 Å². The van der Waals surface area contributed by atoms with Gasteiger partial charge in [0.15, 0.2) is 6.29 Å². The van der Waals surface area contributed by atoms with E-state index in [4.69, 9.17) is 22.1 Å². The minimum absolute atomic E-state index is 0.00466. The highest BCUT2D eigenvalue weighted by Crippen LogP contribution is 2.48. The smallest absolute Gasteiger partial charge is 0.410 e. The van der Waals surface area contributed by atoms with Crippen molar-refractivity contribution in [3.8, 4) is 16.9 Å². The molecule has 0 aromatic heterocycles. The second-order valence-corrected chi connectivity index (χ2v) is 11.7. The maximum atomic E-state index is 11.6. The predicted molar refractivity (Wildman–Crippen MR) is 144 cm³/mol. The van der Waals surface area contributed by atoms with Crippen LogP contribution in [0, 0.1) is 6.92 Å². The number of methoxy groups -OCH3 is 1. The van der Waals surface area contributed by atoms with Gasteiger partial charge in [-0.15, -0.1) is 0 Å². The Kier molecular flexibility index (Phi) is 7.58. The first-order valence-corrected chi connectivity index (χ1v) is 12.3. The van der Waals surface area contributed by atoms with Crippen LogP contribution in [0.2, 0.25) is 0 Å². The van der Waals surface area contributed by atoms with Gasteiger partial charge in [0.05, 0.1) is 12.0 Å². The summed E-state index contributed by atoms with van der Waals surface area (Å²) in [5, 5.41) is 10.9. The van der Waals surface area contributed by atoms with Gasteiger partial charge in [-0.05, 0) is 82.7 Å². The van der Waals surface area contributed by atoms with Crippen molar-refractivity contribution in [3.05, 3.63) is 57.5 Å². The van der Waals surface area contributed by atoms with Crippen LogP contribution < -0.4 is 10.1 Å². The lowest BCUT2D eigenvalue weighted by Crippen LogP contribution is -2.34. The molecule has 2 N–H and O–H groups in total. The topological polar surface area (TPSA) is 75.6 Å². The first-order chi connectivity index (χ1) is 15.9. The number of thiocarbonyl (C=S) groups is 1. The van der Waals surface area contributed by atoms with E-state index in [1.54, 1.807) is 13.2 Å². The first-order valence-electron chi connectivity index (χ1n) is 11.1. The van der Waals surface area contributed by atoms with E-state index in [0.29, 0.717) is 11.2 Å². The summed E-state index contributed by atoms with van der Waals surface area (Å²) in [6.45, 7) is 11.4. The number of amides is 1. The highest BCUT2D eigenvalue weighted by atomic mass is 32.2. The number of hydrogen-bond donors (Lipinski definition) is 2. The Bertz CT molecular complexity index is 1180. The van der Waals surface area contributed by atoms with E-state index in [1.807, 2.05) is 18.2 Å². The zero-order valence-electron chi connectivity index (χ0n) is 20.4. The van der Waals surface area contributed by atoms with E-state index in [-0.39, 0.29) is 15.2 Å². The lowest BCUT2D eigenvalue weighted by molar-refractivity contribution is -0.104. The average Bonchev–Trinajstić information content (AvgIpc) is 2.75. The summed E-state index contributed by atoms with van der Waals surface area (Å²) in [7, 11) is 1.65. The zero-order chi connectivity index (χ0) is 25.3. The Morgan fingerprint density at radius 2 is 1.71 bits per heavy atom. The highest BCUT2D eigenvalue weighted by molar-refractivity contribution is 8.26. The van der Waals surface area contributed by atoms with Crippen LogP contribution >= 0.6 is 24.0 Å². The van der Waals surface area contributed by atoms with Crippen molar-refractivity contribution in [3.63, 3.8) is 0 Å². The molecular weight excluding hydrogens is 466 g/mol. The van der Waals surface area contributed by atoms with Crippen LogP contribution in [-0.2, 0) is 15.6 Å². The molecule has 0 unspecified atom stereocenters. The summed E-state index contributed by atoms with van der Waals surface area (Å²) in [6, 6.07) is 10.4. The molecule has 3 rings (SSSR count). The number of carbonyl (C=O) groups is 2. The molecule has 0 spiro atoms. The number of aldehydes is 1. The third-order valence-corrected chi connectivity index (χ3v) is 7.65. The molecule has 34 heavy (non-hydrogen) atoms. The summed E-state index contributed by atoms with van der Waals surface area (Å²) in [4.78, 5) is 22.7. The molecule has 1 amide bonds. The van der Waals surface area contributed by atoms with Crippen LogP contribution in [0.15, 0.2) is 35.2 Å². The van der Waals surface area contributed by atoms with Crippen LogP contribution in [0.25, 0.3) is 17.2 Å². The molecular formula is C27H31NO4S2. The normalized spacial score (nSPS) is 16.4. The van der Waals surface area contributed by atoms with Crippen LogP contribution in [0.5, 0.6) is 5.75 Å². The highest BCUT2D eigenvalue weighted by Gasteiger charge is 2.37. The zero-order valence-corrected chi connectivity index (χ0v) is 22.1. The van der Waals surface area contributed by atoms with Gasteiger partial charge in [-0.25, -0.2) is 4.79 Å². The van der Waals surface area contributed by atoms with Crippen molar-refractivity contribution >= 4 is 46.8 Å². The van der Waals surface area contributed by atoms with Gasteiger partial charge in [0.1, 0.15) is 10.1 Å². The number of fused-ring (bicyclic) bond motifs is 1. The van der Waals surface area contributed by atoms with Crippen molar-refractivity contribution in [2.75, 3.05) is 7.11 Å². The fourth-order valence-corrected chi connectivity index (χ4v) is 5.48. The Balaban J connectivity index is 2.10. The SMILES string of the molecule is COc1ccc(/C=C(/C=O)SC(=S)NC(=O)O)cc1-c1cc2c(cc1C)C(C)(C)CCC2(C)C. The lowest BCUT2D eigenvalue weighted by Gasteiger charge is -2.42. The Labute approximate surface area is 211 Å². The third-order valence-electron chi connectivity index (χ3n) is 6.56. The molecule has 0 radical (unpaired) electrons. The van der Waals surface area contributed by atoms with Gasteiger partial charge in [0.25, 0.3) is 0 Å². The summed E-state index contributed by atoms with van der Waals surface area (Å²) in [5.74, 6) is 0.747. The summed E-state index contributed by atoms with van der Waals surface area (Å²) in [5.41, 5.74) is 6.96. The summed E-state index contributed by atoms with van der Waals surface area (Å²) >= 11 is 5.90. The number of aryl methyl sites for hydroxylation is 1. The first kappa shape index (κ1) is 26.0. The molecule has 0 heterocycles. The van der Waals surface area contributed by atoms with E-state index in [9.17, 15) is 9.59 Å². The number of hydrogen-bond acceptors (Lipinski definition) is 5. The molecule has 0 saturated carbocycles. The predicted octanol–water partition coefficient (Wildman–Crippen LogP) is 6.85. The molecule has 0 atom stereocenters.